The van der Waals surface area contributed by atoms with Crippen molar-refractivity contribution in [2.24, 2.45) is 0 Å². The molecule has 23 heavy (non-hydrogen) atoms. The first-order chi connectivity index (χ1) is 11.2. The Morgan fingerprint density at radius 2 is 2.00 bits per heavy atom. The number of hydrogen-bond donors (Lipinski definition) is 2. The quantitative estimate of drug-likeness (QED) is 0.753. The van der Waals surface area contributed by atoms with E-state index in [2.05, 4.69) is 15.6 Å². The molecule has 2 N–H and O–H groups in total. The van der Waals surface area contributed by atoms with Gasteiger partial charge in [-0.15, -0.1) is 11.3 Å². The highest BCUT2D eigenvalue weighted by molar-refractivity contribution is 7.14. The van der Waals surface area contributed by atoms with Gasteiger partial charge in [0.1, 0.15) is 5.82 Å². The molecule has 0 spiro atoms. The van der Waals surface area contributed by atoms with E-state index in [9.17, 15) is 9.18 Å². The van der Waals surface area contributed by atoms with Crippen molar-refractivity contribution < 1.29 is 9.18 Å². The van der Waals surface area contributed by atoms with Gasteiger partial charge in [0.05, 0.1) is 11.3 Å². The first kappa shape index (κ1) is 15.2. The van der Waals surface area contributed by atoms with Crippen molar-refractivity contribution in [3.63, 3.8) is 0 Å². The van der Waals surface area contributed by atoms with Gasteiger partial charge in [0, 0.05) is 23.7 Å². The van der Waals surface area contributed by atoms with E-state index in [0.717, 1.165) is 16.4 Å². The summed E-state index contributed by atoms with van der Waals surface area (Å²) in [6.45, 7) is 0. The highest BCUT2D eigenvalue weighted by Crippen LogP contribution is 2.26. The molecule has 0 aliphatic heterocycles. The second kappa shape index (κ2) is 6.58. The molecule has 0 saturated carbocycles. The van der Waals surface area contributed by atoms with Gasteiger partial charge in [-0.3, -0.25) is 4.79 Å². The summed E-state index contributed by atoms with van der Waals surface area (Å²) in [5, 5.41) is 8.45. The summed E-state index contributed by atoms with van der Waals surface area (Å²) in [6.07, 6.45) is 0. The third-order valence-electron chi connectivity index (χ3n) is 3.25. The summed E-state index contributed by atoms with van der Waals surface area (Å²) in [5.74, 6) is -1.02. The summed E-state index contributed by atoms with van der Waals surface area (Å²) in [7, 11) is 1.81. The fourth-order valence-electron chi connectivity index (χ4n) is 2.12. The average molecular weight is 327 g/mol. The lowest BCUT2D eigenvalue weighted by Gasteiger charge is -2.07. The summed E-state index contributed by atoms with van der Waals surface area (Å²) < 4.78 is 13.7. The van der Waals surface area contributed by atoms with Crippen molar-refractivity contribution in [1.29, 1.82) is 0 Å². The van der Waals surface area contributed by atoms with E-state index >= 15 is 0 Å². The maximum absolute atomic E-state index is 13.7. The van der Waals surface area contributed by atoms with Gasteiger partial charge in [-0.05, 0) is 24.3 Å². The van der Waals surface area contributed by atoms with Crippen LogP contribution in [0.5, 0.6) is 0 Å². The second-order valence-corrected chi connectivity index (χ2v) is 5.66. The van der Waals surface area contributed by atoms with Gasteiger partial charge >= 0.3 is 0 Å². The molecule has 0 aliphatic rings. The standard InChI is InChI=1S/C17H14FN3OS/c1-19-17-21-15(10-23-17)11-5-4-6-12(9-11)20-16(22)13-7-2-3-8-14(13)18/h2-10H,1H3,(H,19,21)(H,20,22). The van der Waals surface area contributed by atoms with Gasteiger partial charge < -0.3 is 10.6 Å². The molecule has 116 valence electrons. The normalized spacial score (nSPS) is 10.3. The van der Waals surface area contributed by atoms with Gasteiger partial charge in [0.2, 0.25) is 0 Å². The maximum atomic E-state index is 13.7. The van der Waals surface area contributed by atoms with Crippen LogP contribution in [0.4, 0.5) is 15.2 Å². The lowest BCUT2D eigenvalue weighted by Crippen LogP contribution is -2.13. The number of carbonyl (C=O) groups is 1. The molecule has 0 fully saturated rings. The van der Waals surface area contributed by atoms with Crippen LogP contribution in [0, 0.1) is 5.82 Å². The molecule has 6 heteroatoms. The minimum absolute atomic E-state index is 0.0176. The average Bonchev–Trinajstić information content (AvgIpc) is 3.04. The van der Waals surface area contributed by atoms with Crippen molar-refractivity contribution in [2.45, 2.75) is 0 Å². The fraction of sp³-hybridized carbons (Fsp3) is 0.0588. The van der Waals surface area contributed by atoms with Gasteiger partial charge in [0.25, 0.3) is 5.91 Å². The van der Waals surface area contributed by atoms with Crippen LogP contribution in [0.15, 0.2) is 53.9 Å². The van der Waals surface area contributed by atoms with E-state index in [0.29, 0.717) is 5.69 Å². The van der Waals surface area contributed by atoms with Crippen LogP contribution in [0.3, 0.4) is 0 Å². The monoisotopic (exact) mass is 327 g/mol. The Kier molecular flexibility index (Phi) is 4.34. The fourth-order valence-corrected chi connectivity index (χ4v) is 2.80. The topological polar surface area (TPSA) is 54.0 Å². The molecule has 3 rings (SSSR count). The zero-order valence-corrected chi connectivity index (χ0v) is 13.2. The highest BCUT2D eigenvalue weighted by atomic mass is 32.1. The highest BCUT2D eigenvalue weighted by Gasteiger charge is 2.11. The number of hydrogen-bond acceptors (Lipinski definition) is 4. The number of nitrogens with zero attached hydrogens (tertiary/aromatic N) is 1. The number of nitrogens with one attached hydrogen (secondary N) is 2. The lowest BCUT2D eigenvalue weighted by atomic mass is 10.1. The van der Waals surface area contributed by atoms with Gasteiger partial charge in [-0.1, -0.05) is 24.3 Å². The van der Waals surface area contributed by atoms with E-state index in [-0.39, 0.29) is 5.56 Å². The maximum Gasteiger partial charge on any atom is 0.258 e. The Balaban J connectivity index is 1.83. The van der Waals surface area contributed by atoms with E-state index in [1.165, 1.54) is 23.5 Å². The Morgan fingerprint density at radius 3 is 2.74 bits per heavy atom. The third-order valence-corrected chi connectivity index (χ3v) is 4.11. The molecular weight excluding hydrogens is 313 g/mol. The molecule has 0 aliphatic carbocycles. The Morgan fingerprint density at radius 1 is 1.17 bits per heavy atom. The predicted octanol–water partition coefficient (Wildman–Crippen LogP) is 4.24. The first-order valence-corrected chi connectivity index (χ1v) is 7.85. The molecule has 3 aromatic rings. The number of anilines is 2. The van der Waals surface area contributed by atoms with Crippen molar-refractivity contribution >= 4 is 28.1 Å². The second-order valence-electron chi connectivity index (χ2n) is 4.80. The summed E-state index contributed by atoms with van der Waals surface area (Å²) >= 11 is 1.50. The van der Waals surface area contributed by atoms with Crippen LogP contribution in [-0.4, -0.2) is 17.9 Å². The number of amides is 1. The lowest BCUT2D eigenvalue weighted by molar-refractivity contribution is 0.102. The van der Waals surface area contributed by atoms with E-state index in [4.69, 9.17) is 0 Å². The van der Waals surface area contributed by atoms with E-state index < -0.39 is 11.7 Å². The van der Waals surface area contributed by atoms with Crippen LogP contribution in [0.2, 0.25) is 0 Å². The van der Waals surface area contributed by atoms with E-state index in [1.807, 2.05) is 30.6 Å². The minimum atomic E-state index is -0.542. The zero-order chi connectivity index (χ0) is 16.2. The molecule has 1 aromatic heterocycles. The zero-order valence-electron chi connectivity index (χ0n) is 12.3. The number of thiazole rings is 1. The Bertz CT molecular complexity index is 847. The summed E-state index contributed by atoms with van der Waals surface area (Å²) in [6, 6.07) is 13.2. The van der Waals surface area contributed by atoms with Crippen LogP contribution >= 0.6 is 11.3 Å². The molecule has 0 radical (unpaired) electrons. The van der Waals surface area contributed by atoms with Crippen molar-refractivity contribution in [3.8, 4) is 11.3 Å². The Labute approximate surface area is 137 Å². The summed E-state index contributed by atoms with van der Waals surface area (Å²) in [5.41, 5.74) is 2.31. The number of rotatable bonds is 4. The molecule has 0 atom stereocenters. The summed E-state index contributed by atoms with van der Waals surface area (Å²) in [4.78, 5) is 16.6. The largest absolute Gasteiger partial charge is 0.365 e. The predicted molar refractivity (Wildman–Crippen MR) is 91.4 cm³/mol. The van der Waals surface area contributed by atoms with Crippen LogP contribution < -0.4 is 10.6 Å². The van der Waals surface area contributed by atoms with Gasteiger partial charge in [-0.25, -0.2) is 9.37 Å². The third kappa shape index (κ3) is 3.37. The van der Waals surface area contributed by atoms with E-state index in [1.54, 1.807) is 18.2 Å². The van der Waals surface area contributed by atoms with Crippen LogP contribution in [0.1, 0.15) is 10.4 Å². The SMILES string of the molecule is CNc1nc(-c2cccc(NC(=O)c3ccccc3F)c2)cs1. The smallest absolute Gasteiger partial charge is 0.258 e. The molecular formula is C17H14FN3OS. The number of halogens is 1. The molecule has 0 saturated heterocycles. The minimum Gasteiger partial charge on any atom is -0.365 e. The van der Waals surface area contributed by atoms with Crippen molar-refractivity contribution in [1.82, 2.24) is 4.98 Å². The van der Waals surface area contributed by atoms with Crippen molar-refractivity contribution in [2.75, 3.05) is 17.7 Å². The van der Waals surface area contributed by atoms with Gasteiger partial charge in [0.15, 0.2) is 5.13 Å². The molecule has 1 amide bonds. The number of aromatic nitrogens is 1. The molecule has 0 bridgehead atoms. The molecule has 0 unspecified atom stereocenters. The number of carbonyl (C=O) groups excluding carboxylic acids is 1. The van der Waals surface area contributed by atoms with Crippen LogP contribution in [0.25, 0.3) is 11.3 Å². The molecule has 1 heterocycles. The molecule has 2 aromatic carbocycles. The van der Waals surface area contributed by atoms with Crippen molar-refractivity contribution in [3.05, 3.63) is 65.3 Å². The molecule has 4 nitrogen and oxygen atoms in total. The first-order valence-electron chi connectivity index (χ1n) is 6.97. The number of benzene rings is 2. The van der Waals surface area contributed by atoms with Gasteiger partial charge in [-0.2, -0.15) is 0 Å². The van der Waals surface area contributed by atoms with Crippen LogP contribution in [-0.2, 0) is 0 Å². The Hall–Kier alpha value is -2.73.